The maximum absolute atomic E-state index is 12.7. The van der Waals surface area contributed by atoms with E-state index in [9.17, 15) is 9.13 Å². The van der Waals surface area contributed by atoms with Crippen molar-refractivity contribution >= 4 is 22.2 Å². The molecule has 1 aromatic rings. The van der Waals surface area contributed by atoms with Gasteiger partial charge in [0.1, 0.15) is 0 Å². The summed E-state index contributed by atoms with van der Waals surface area (Å²) in [7, 11) is -0.777. The van der Waals surface area contributed by atoms with Gasteiger partial charge >= 0.3 is 16.9 Å². The second-order valence-corrected chi connectivity index (χ2v) is 9.06. The Hall–Kier alpha value is -0.580. The van der Waals surface area contributed by atoms with E-state index in [1.807, 2.05) is 18.2 Å². The zero-order valence-corrected chi connectivity index (χ0v) is 15.9. The minimum absolute atomic E-state index is 0.255. The van der Waals surface area contributed by atoms with Crippen molar-refractivity contribution in [2.45, 2.75) is 69.4 Å². The zero-order valence-electron chi connectivity index (χ0n) is 13.9. The van der Waals surface area contributed by atoms with E-state index in [1.54, 1.807) is 0 Å². The van der Waals surface area contributed by atoms with E-state index in [0.29, 0.717) is 11.8 Å². The average molecular weight is 350 g/mol. The summed E-state index contributed by atoms with van der Waals surface area (Å²) in [6.45, 7) is 0. The van der Waals surface area contributed by atoms with Gasteiger partial charge < -0.3 is 0 Å². The van der Waals surface area contributed by atoms with E-state index in [1.165, 1.54) is 64.2 Å². The molecule has 2 aliphatic carbocycles. The van der Waals surface area contributed by atoms with Gasteiger partial charge in [-0.15, -0.1) is 0 Å². The average Bonchev–Trinajstić information content (AvgIpc) is 2.65. The molecule has 23 heavy (non-hydrogen) atoms. The van der Waals surface area contributed by atoms with Crippen molar-refractivity contribution in [2.24, 2.45) is 11.8 Å². The Balaban J connectivity index is 2.10. The molecule has 0 heterocycles. The first kappa shape index (κ1) is 17.2. The van der Waals surface area contributed by atoms with Gasteiger partial charge in [0.05, 0.1) is 5.56 Å². The normalized spacial score (nSPS) is 21.7. The van der Waals surface area contributed by atoms with Gasteiger partial charge in [-0.25, -0.2) is 0 Å². The SMILES string of the molecule is O=[PH+]c1ccccc1C([PH+]=O)(C1CCCCC1)C1CCCCC1. The predicted octanol–water partition coefficient (Wildman–Crippen LogP) is 5.72. The lowest BCUT2D eigenvalue weighted by atomic mass is 9.66. The lowest BCUT2D eigenvalue weighted by Crippen LogP contribution is -2.42. The topological polar surface area (TPSA) is 34.1 Å². The van der Waals surface area contributed by atoms with Crippen molar-refractivity contribution in [3.05, 3.63) is 29.8 Å². The van der Waals surface area contributed by atoms with Crippen LogP contribution in [0.1, 0.15) is 69.8 Å². The zero-order chi connectivity index (χ0) is 16.1. The highest BCUT2D eigenvalue weighted by molar-refractivity contribution is 7.34. The molecule has 2 unspecified atom stereocenters. The third kappa shape index (κ3) is 3.31. The summed E-state index contributed by atoms with van der Waals surface area (Å²) in [4.78, 5) is 0. The van der Waals surface area contributed by atoms with Crippen LogP contribution in [-0.2, 0) is 14.3 Å². The van der Waals surface area contributed by atoms with Gasteiger partial charge in [-0.1, -0.05) is 59.8 Å². The van der Waals surface area contributed by atoms with Crippen LogP contribution in [-0.4, -0.2) is 0 Å². The lowest BCUT2D eigenvalue weighted by molar-refractivity contribution is 0.170. The van der Waals surface area contributed by atoms with Gasteiger partial charge in [0.25, 0.3) is 0 Å². The molecule has 2 nitrogen and oxygen atoms in total. The highest BCUT2D eigenvalue weighted by atomic mass is 31.1. The fourth-order valence-electron chi connectivity index (χ4n) is 5.04. The molecule has 0 saturated heterocycles. The monoisotopic (exact) mass is 350 g/mol. The van der Waals surface area contributed by atoms with Crippen LogP contribution in [0.3, 0.4) is 0 Å². The van der Waals surface area contributed by atoms with E-state index in [-0.39, 0.29) is 13.6 Å². The number of hydrogen-bond donors (Lipinski definition) is 0. The molecule has 3 rings (SSSR count). The highest BCUT2D eigenvalue weighted by Gasteiger charge is 2.56. The van der Waals surface area contributed by atoms with Gasteiger partial charge in [0.15, 0.2) is 10.5 Å². The van der Waals surface area contributed by atoms with E-state index < -0.39 is 8.46 Å². The second kappa shape index (κ2) is 8.00. The van der Waals surface area contributed by atoms with Gasteiger partial charge in [-0.05, 0) is 37.8 Å². The van der Waals surface area contributed by atoms with Crippen LogP contribution in [0.2, 0.25) is 0 Å². The number of rotatable bonds is 5. The largest absolute Gasteiger partial charge is 0.363 e. The van der Waals surface area contributed by atoms with Gasteiger partial charge in [-0.2, -0.15) is 0 Å². The Morgan fingerprint density at radius 3 is 1.78 bits per heavy atom. The van der Waals surface area contributed by atoms with Crippen LogP contribution in [0.25, 0.3) is 0 Å². The Bertz CT molecular complexity index is 528. The van der Waals surface area contributed by atoms with Crippen molar-refractivity contribution in [3.8, 4) is 0 Å². The smallest absolute Gasteiger partial charge is 0.0764 e. The van der Waals surface area contributed by atoms with Gasteiger partial charge in [0, 0.05) is 11.8 Å². The highest BCUT2D eigenvalue weighted by Crippen LogP contribution is 2.56. The summed E-state index contributed by atoms with van der Waals surface area (Å²) in [5.41, 5.74) is 1.14. The predicted molar refractivity (Wildman–Crippen MR) is 98.9 cm³/mol. The third-order valence-corrected chi connectivity index (χ3v) is 8.23. The molecule has 0 N–H and O–H groups in total. The van der Waals surface area contributed by atoms with E-state index >= 15 is 0 Å². The Labute approximate surface area is 142 Å². The summed E-state index contributed by atoms with van der Waals surface area (Å²) in [5.74, 6) is 0.986. The summed E-state index contributed by atoms with van der Waals surface area (Å²) in [6, 6.07) is 8.10. The summed E-state index contributed by atoms with van der Waals surface area (Å²) < 4.78 is 24.6. The Morgan fingerprint density at radius 1 is 0.783 bits per heavy atom. The van der Waals surface area contributed by atoms with Crippen LogP contribution in [0, 0.1) is 11.8 Å². The Morgan fingerprint density at radius 2 is 1.30 bits per heavy atom. The maximum atomic E-state index is 12.7. The molecule has 2 atom stereocenters. The minimum Gasteiger partial charge on any atom is -0.0764 e. The van der Waals surface area contributed by atoms with E-state index in [0.717, 1.165) is 10.9 Å². The minimum atomic E-state index is -0.451. The molecule has 0 aromatic heterocycles. The molecule has 2 aliphatic rings. The number of benzene rings is 1. The van der Waals surface area contributed by atoms with Crippen molar-refractivity contribution in [1.82, 2.24) is 0 Å². The first-order chi connectivity index (χ1) is 11.3. The molecule has 124 valence electrons. The van der Waals surface area contributed by atoms with Crippen molar-refractivity contribution in [2.75, 3.05) is 0 Å². The van der Waals surface area contributed by atoms with Crippen LogP contribution >= 0.6 is 16.9 Å². The van der Waals surface area contributed by atoms with Crippen LogP contribution in [0.4, 0.5) is 0 Å². The molecular formula is C19H28O2P2+2. The van der Waals surface area contributed by atoms with Crippen LogP contribution in [0.15, 0.2) is 24.3 Å². The van der Waals surface area contributed by atoms with Gasteiger partial charge in [0.2, 0.25) is 0 Å². The fraction of sp³-hybridized carbons (Fsp3) is 0.684. The molecular weight excluding hydrogens is 322 g/mol. The molecule has 0 bridgehead atoms. The Kier molecular flexibility index (Phi) is 6.00. The molecule has 2 saturated carbocycles. The molecule has 1 aromatic carbocycles. The quantitative estimate of drug-likeness (QED) is 0.637. The van der Waals surface area contributed by atoms with E-state index in [4.69, 9.17) is 0 Å². The van der Waals surface area contributed by atoms with Crippen molar-refractivity contribution < 1.29 is 9.13 Å². The molecule has 0 spiro atoms. The first-order valence-electron chi connectivity index (χ1n) is 9.20. The third-order valence-electron chi connectivity index (χ3n) is 6.15. The van der Waals surface area contributed by atoms with E-state index in [2.05, 4.69) is 6.07 Å². The fourth-order valence-corrected chi connectivity index (χ4v) is 6.97. The molecule has 0 amide bonds. The van der Waals surface area contributed by atoms with Crippen molar-refractivity contribution in [3.63, 3.8) is 0 Å². The van der Waals surface area contributed by atoms with Crippen molar-refractivity contribution in [1.29, 1.82) is 0 Å². The molecule has 0 radical (unpaired) electrons. The molecule has 4 heteroatoms. The lowest BCUT2D eigenvalue weighted by Gasteiger charge is -2.40. The summed E-state index contributed by atoms with van der Waals surface area (Å²) >= 11 is 0. The second-order valence-electron chi connectivity index (χ2n) is 7.29. The van der Waals surface area contributed by atoms with Crippen LogP contribution in [0.5, 0.6) is 0 Å². The summed E-state index contributed by atoms with van der Waals surface area (Å²) in [6.07, 6.45) is 12.4. The number of hydrogen-bond acceptors (Lipinski definition) is 2. The summed E-state index contributed by atoms with van der Waals surface area (Å²) in [5, 5.41) is 0.654. The molecule has 0 aliphatic heterocycles. The first-order valence-corrected chi connectivity index (χ1v) is 11.0. The standard InChI is InChI=1S/C19H26O2P2/c20-22-18-14-8-7-13-17(18)19(23-21,15-9-3-1-4-10-15)16-11-5-2-6-12-16/h7-8,13-16H,1-6,9-12H2/p+2. The molecule has 2 fully saturated rings. The van der Waals surface area contributed by atoms with Crippen LogP contribution < -0.4 is 5.30 Å². The van der Waals surface area contributed by atoms with Gasteiger partial charge in [-0.3, -0.25) is 0 Å². The maximum Gasteiger partial charge on any atom is 0.363 e.